The van der Waals surface area contributed by atoms with Gasteiger partial charge in [0, 0.05) is 29.2 Å². The summed E-state index contributed by atoms with van der Waals surface area (Å²) in [6.07, 6.45) is 3.31. The number of piperidine rings is 1. The zero-order valence-corrected chi connectivity index (χ0v) is 14.7. The largest absolute Gasteiger partial charge is 0.484 e. The molecule has 130 valence electrons. The minimum atomic E-state index is -0.0763. The summed E-state index contributed by atoms with van der Waals surface area (Å²) in [5, 5.41) is 0.596. The number of carbonyl (C=O) groups excluding carboxylic acids is 2. The Morgan fingerprint density at radius 1 is 0.880 bits per heavy atom. The van der Waals surface area contributed by atoms with Gasteiger partial charge in [-0.2, -0.15) is 0 Å². The summed E-state index contributed by atoms with van der Waals surface area (Å²) in [4.78, 5) is 26.3. The highest BCUT2D eigenvalue weighted by atomic mass is 35.5. The van der Waals surface area contributed by atoms with Crippen molar-refractivity contribution in [3.63, 3.8) is 0 Å². The van der Waals surface area contributed by atoms with E-state index in [1.807, 2.05) is 4.90 Å². The average molecular weight is 358 g/mol. The fraction of sp³-hybridized carbons (Fsp3) is 0.300. The Morgan fingerprint density at radius 2 is 1.44 bits per heavy atom. The van der Waals surface area contributed by atoms with Gasteiger partial charge in [-0.15, -0.1) is 0 Å². The lowest BCUT2D eigenvalue weighted by molar-refractivity contribution is -0.134. The van der Waals surface area contributed by atoms with E-state index in [1.54, 1.807) is 48.5 Å². The van der Waals surface area contributed by atoms with Gasteiger partial charge in [-0.25, -0.2) is 0 Å². The molecule has 0 aromatic heterocycles. The number of rotatable bonds is 5. The molecule has 0 unspecified atom stereocenters. The van der Waals surface area contributed by atoms with Crippen LogP contribution in [0, 0.1) is 0 Å². The maximum absolute atomic E-state index is 12.4. The molecular weight excluding hydrogens is 338 g/mol. The smallest absolute Gasteiger partial charge is 0.260 e. The van der Waals surface area contributed by atoms with Crippen molar-refractivity contribution in [1.82, 2.24) is 4.90 Å². The van der Waals surface area contributed by atoms with Crippen molar-refractivity contribution in [3.05, 3.63) is 64.7 Å². The van der Waals surface area contributed by atoms with Gasteiger partial charge in [-0.3, -0.25) is 9.59 Å². The first-order valence-electron chi connectivity index (χ1n) is 8.44. The Bertz CT molecular complexity index is 735. The molecule has 0 spiro atoms. The zero-order valence-electron chi connectivity index (χ0n) is 13.9. The van der Waals surface area contributed by atoms with E-state index in [4.69, 9.17) is 16.3 Å². The Balaban J connectivity index is 1.57. The molecule has 0 bridgehead atoms. The summed E-state index contributed by atoms with van der Waals surface area (Å²) in [6.45, 7) is 1.66. The first-order valence-corrected chi connectivity index (χ1v) is 8.82. The van der Waals surface area contributed by atoms with Crippen LogP contribution in [0.25, 0.3) is 0 Å². The van der Waals surface area contributed by atoms with Gasteiger partial charge in [0.25, 0.3) is 5.91 Å². The normalized spacial score (nSPS) is 14.2. The SMILES string of the molecule is O=C(c1ccc(Cl)cc1)c1ccc(OCC(=O)N2CCCCC2)cc1. The number of nitrogens with zero attached hydrogens (tertiary/aromatic N) is 1. The first kappa shape index (κ1) is 17.5. The summed E-state index contributed by atoms with van der Waals surface area (Å²) in [5.74, 6) is 0.520. The molecule has 1 heterocycles. The molecule has 1 fully saturated rings. The van der Waals surface area contributed by atoms with E-state index in [9.17, 15) is 9.59 Å². The summed E-state index contributed by atoms with van der Waals surface area (Å²) in [5.41, 5.74) is 1.15. The molecule has 0 aliphatic carbocycles. The molecule has 1 saturated heterocycles. The number of amides is 1. The Kier molecular flexibility index (Phi) is 5.71. The summed E-state index contributed by atoms with van der Waals surface area (Å²) in [6, 6.07) is 13.6. The molecule has 0 saturated carbocycles. The molecule has 0 N–H and O–H groups in total. The highest BCUT2D eigenvalue weighted by Crippen LogP contribution is 2.17. The van der Waals surface area contributed by atoms with Crippen LogP contribution in [0.5, 0.6) is 5.75 Å². The molecule has 1 aliphatic heterocycles. The number of hydrogen-bond donors (Lipinski definition) is 0. The topological polar surface area (TPSA) is 46.6 Å². The maximum atomic E-state index is 12.4. The second-order valence-corrected chi connectivity index (χ2v) is 6.53. The quantitative estimate of drug-likeness (QED) is 0.761. The average Bonchev–Trinajstić information content (AvgIpc) is 2.67. The van der Waals surface area contributed by atoms with E-state index < -0.39 is 0 Å². The zero-order chi connectivity index (χ0) is 17.6. The van der Waals surface area contributed by atoms with Gasteiger partial charge < -0.3 is 9.64 Å². The van der Waals surface area contributed by atoms with Crippen molar-refractivity contribution < 1.29 is 14.3 Å². The Hall–Kier alpha value is -2.33. The first-order chi connectivity index (χ1) is 12.1. The second kappa shape index (κ2) is 8.17. The minimum Gasteiger partial charge on any atom is -0.484 e. The van der Waals surface area contributed by atoms with Crippen LogP contribution in [0.3, 0.4) is 0 Å². The van der Waals surface area contributed by atoms with Crippen LogP contribution in [0.4, 0.5) is 0 Å². The summed E-state index contributed by atoms with van der Waals surface area (Å²) in [7, 11) is 0. The van der Waals surface area contributed by atoms with Crippen LogP contribution >= 0.6 is 11.6 Å². The monoisotopic (exact) mass is 357 g/mol. The molecule has 1 aliphatic rings. The van der Waals surface area contributed by atoms with Crippen molar-refractivity contribution in [2.24, 2.45) is 0 Å². The molecule has 25 heavy (non-hydrogen) atoms. The third-order valence-corrected chi connectivity index (χ3v) is 4.55. The Labute approximate surface area is 152 Å². The van der Waals surface area contributed by atoms with Crippen molar-refractivity contribution in [3.8, 4) is 5.75 Å². The maximum Gasteiger partial charge on any atom is 0.260 e. The number of halogens is 1. The van der Waals surface area contributed by atoms with Crippen LogP contribution in [0.2, 0.25) is 5.02 Å². The highest BCUT2D eigenvalue weighted by molar-refractivity contribution is 6.30. The van der Waals surface area contributed by atoms with Crippen LogP contribution in [-0.2, 0) is 4.79 Å². The van der Waals surface area contributed by atoms with Crippen LogP contribution in [0.15, 0.2) is 48.5 Å². The van der Waals surface area contributed by atoms with Gasteiger partial charge in [0.1, 0.15) is 5.75 Å². The standard InChI is InChI=1S/C20H20ClNO3/c21-17-8-4-15(5-9-17)20(24)16-6-10-18(11-7-16)25-14-19(23)22-12-2-1-3-13-22/h4-11H,1-3,12-14H2. The van der Waals surface area contributed by atoms with Crippen LogP contribution in [0.1, 0.15) is 35.2 Å². The van der Waals surface area contributed by atoms with Crippen molar-refractivity contribution in [1.29, 1.82) is 0 Å². The Morgan fingerprint density at radius 3 is 2.04 bits per heavy atom. The van der Waals surface area contributed by atoms with Crippen LogP contribution < -0.4 is 4.74 Å². The third-order valence-electron chi connectivity index (χ3n) is 4.29. The number of benzene rings is 2. The molecular formula is C20H20ClNO3. The molecule has 2 aromatic carbocycles. The van der Waals surface area contributed by atoms with E-state index >= 15 is 0 Å². The minimum absolute atomic E-state index is 0.0148. The fourth-order valence-corrected chi connectivity index (χ4v) is 2.98. The predicted octanol–water partition coefficient (Wildman–Crippen LogP) is 3.96. The fourth-order valence-electron chi connectivity index (χ4n) is 2.85. The predicted molar refractivity (Wildman–Crippen MR) is 97.3 cm³/mol. The molecule has 0 radical (unpaired) electrons. The van der Waals surface area contributed by atoms with Gasteiger partial charge >= 0.3 is 0 Å². The molecule has 1 amide bonds. The van der Waals surface area contributed by atoms with Gasteiger partial charge in [0.05, 0.1) is 0 Å². The lowest BCUT2D eigenvalue weighted by Gasteiger charge is -2.26. The number of likely N-dealkylation sites (tertiary alicyclic amines) is 1. The van der Waals surface area contributed by atoms with Crippen molar-refractivity contribution in [2.45, 2.75) is 19.3 Å². The second-order valence-electron chi connectivity index (χ2n) is 6.09. The van der Waals surface area contributed by atoms with Crippen molar-refractivity contribution in [2.75, 3.05) is 19.7 Å². The number of ether oxygens (including phenoxy) is 1. The van der Waals surface area contributed by atoms with E-state index in [1.165, 1.54) is 6.42 Å². The number of hydrogen-bond acceptors (Lipinski definition) is 3. The van der Waals surface area contributed by atoms with E-state index in [2.05, 4.69) is 0 Å². The van der Waals surface area contributed by atoms with E-state index in [0.29, 0.717) is 21.9 Å². The molecule has 3 rings (SSSR count). The summed E-state index contributed by atoms with van der Waals surface area (Å²) >= 11 is 5.84. The van der Waals surface area contributed by atoms with Crippen LogP contribution in [-0.4, -0.2) is 36.3 Å². The van der Waals surface area contributed by atoms with Gasteiger partial charge in [0.2, 0.25) is 0 Å². The van der Waals surface area contributed by atoms with E-state index in [0.717, 1.165) is 25.9 Å². The molecule has 0 atom stereocenters. The lowest BCUT2D eigenvalue weighted by atomic mass is 10.0. The lowest BCUT2D eigenvalue weighted by Crippen LogP contribution is -2.38. The highest BCUT2D eigenvalue weighted by Gasteiger charge is 2.17. The molecule has 5 heteroatoms. The number of ketones is 1. The van der Waals surface area contributed by atoms with Crippen molar-refractivity contribution >= 4 is 23.3 Å². The molecule has 4 nitrogen and oxygen atoms in total. The molecule has 2 aromatic rings. The van der Waals surface area contributed by atoms with Gasteiger partial charge in [0.15, 0.2) is 12.4 Å². The summed E-state index contributed by atoms with van der Waals surface area (Å²) < 4.78 is 5.56. The third kappa shape index (κ3) is 4.60. The van der Waals surface area contributed by atoms with Gasteiger partial charge in [-0.05, 0) is 67.8 Å². The van der Waals surface area contributed by atoms with E-state index in [-0.39, 0.29) is 18.3 Å². The van der Waals surface area contributed by atoms with Gasteiger partial charge in [-0.1, -0.05) is 11.6 Å². The number of carbonyl (C=O) groups is 2.